The van der Waals surface area contributed by atoms with Crippen LogP contribution in [0.1, 0.15) is 0 Å². The molecule has 2 rings (SSSR count). The number of thioether (sulfide) groups is 1. The molecule has 0 aromatic heterocycles. The number of aliphatic carboxylic acids is 1. The first-order valence-corrected chi connectivity index (χ1v) is 6.31. The maximum absolute atomic E-state index is 11.0. The molecule has 2 heterocycles. The van der Waals surface area contributed by atoms with Crippen molar-refractivity contribution in [3.05, 3.63) is 0 Å². The standard InChI is InChI=1S/C9H14N2O4S/c12-8(13)7-5-16-2-1-11(7)4-6-3-10-9(14)15-6/h6-7H,1-5H2,(H,10,14)(H,12,13). The van der Waals surface area contributed by atoms with Gasteiger partial charge in [0.25, 0.3) is 0 Å². The van der Waals surface area contributed by atoms with E-state index in [1.807, 2.05) is 4.90 Å². The van der Waals surface area contributed by atoms with Gasteiger partial charge in [-0.1, -0.05) is 0 Å². The Morgan fingerprint density at radius 2 is 2.50 bits per heavy atom. The number of hydrogen-bond acceptors (Lipinski definition) is 5. The van der Waals surface area contributed by atoms with Crippen LogP contribution in [0.25, 0.3) is 0 Å². The first-order chi connectivity index (χ1) is 7.66. The molecule has 2 aliphatic rings. The SMILES string of the molecule is O=C1NCC(CN2CCSCC2C(=O)O)O1. The number of ether oxygens (including phenoxy) is 1. The van der Waals surface area contributed by atoms with Crippen molar-refractivity contribution in [2.75, 3.05) is 31.1 Å². The molecule has 0 aromatic rings. The molecule has 2 aliphatic heterocycles. The average Bonchev–Trinajstić information content (AvgIpc) is 2.64. The Morgan fingerprint density at radius 3 is 3.12 bits per heavy atom. The lowest BCUT2D eigenvalue weighted by atomic mass is 10.2. The van der Waals surface area contributed by atoms with Gasteiger partial charge in [-0.2, -0.15) is 11.8 Å². The zero-order chi connectivity index (χ0) is 11.5. The molecular weight excluding hydrogens is 232 g/mol. The average molecular weight is 246 g/mol. The monoisotopic (exact) mass is 246 g/mol. The van der Waals surface area contributed by atoms with Crippen LogP contribution in [0.15, 0.2) is 0 Å². The Kier molecular flexibility index (Phi) is 3.55. The topological polar surface area (TPSA) is 78.9 Å². The normalized spacial score (nSPS) is 30.9. The van der Waals surface area contributed by atoms with Crippen molar-refractivity contribution in [3.8, 4) is 0 Å². The summed E-state index contributed by atoms with van der Waals surface area (Å²) < 4.78 is 5.00. The number of nitrogens with one attached hydrogen (secondary N) is 1. The predicted molar refractivity (Wildman–Crippen MR) is 58.6 cm³/mol. The number of rotatable bonds is 3. The number of amides is 1. The minimum atomic E-state index is -0.801. The Labute approximate surface area is 97.3 Å². The second-order valence-corrected chi connectivity index (χ2v) is 4.98. The van der Waals surface area contributed by atoms with E-state index in [-0.39, 0.29) is 6.10 Å². The number of carbonyl (C=O) groups is 2. The van der Waals surface area contributed by atoms with E-state index in [1.165, 1.54) is 0 Å². The minimum absolute atomic E-state index is 0.225. The van der Waals surface area contributed by atoms with Crippen molar-refractivity contribution in [1.82, 2.24) is 10.2 Å². The van der Waals surface area contributed by atoms with Crippen LogP contribution in [0.4, 0.5) is 4.79 Å². The van der Waals surface area contributed by atoms with Gasteiger partial charge in [-0.3, -0.25) is 9.69 Å². The molecule has 16 heavy (non-hydrogen) atoms. The van der Waals surface area contributed by atoms with E-state index in [4.69, 9.17) is 9.84 Å². The van der Waals surface area contributed by atoms with E-state index < -0.39 is 18.1 Å². The van der Waals surface area contributed by atoms with Crippen LogP contribution in [0.3, 0.4) is 0 Å². The summed E-state index contributed by atoms with van der Waals surface area (Å²) in [5.41, 5.74) is 0. The zero-order valence-corrected chi connectivity index (χ0v) is 9.53. The van der Waals surface area contributed by atoms with Crippen LogP contribution in [-0.2, 0) is 9.53 Å². The molecule has 90 valence electrons. The summed E-state index contributed by atoms with van der Waals surface area (Å²) in [6, 6.07) is -0.460. The van der Waals surface area contributed by atoms with E-state index in [0.717, 1.165) is 12.3 Å². The fraction of sp³-hybridized carbons (Fsp3) is 0.778. The largest absolute Gasteiger partial charge is 0.480 e. The third-order valence-electron chi connectivity index (χ3n) is 2.71. The summed E-state index contributed by atoms with van der Waals surface area (Å²) >= 11 is 1.65. The van der Waals surface area contributed by atoms with Crippen molar-refractivity contribution in [2.24, 2.45) is 0 Å². The minimum Gasteiger partial charge on any atom is -0.480 e. The molecule has 0 spiro atoms. The van der Waals surface area contributed by atoms with Crippen molar-refractivity contribution >= 4 is 23.8 Å². The van der Waals surface area contributed by atoms with Crippen LogP contribution in [0.2, 0.25) is 0 Å². The Bertz CT molecular complexity index is 299. The molecule has 0 aliphatic carbocycles. The molecule has 2 fully saturated rings. The second kappa shape index (κ2) is 4.92. The van der Waals surface area contributed by atoms with Gasteiger partial charge >= 0.3 is 12.1 Å². The van der Waals surface area contributed by atoms with E-state index in [1.54, 1.807) is 11.8 Å². The molecule has 2 atom stereocenters. The smallest absolute Gasteiger partial charge is 0.407 e. The van der Waals surface area contributed by atoms with E-state index in [9.17, 15) is 9.59 Å². The van der Waals surface area contributed by atoms with Crippen LogP contribution in [0.5, 0.6) is 0 Å². The summed E-state index contributed by atoms with van der Waals surface area (Å²) in [5.74, 6) is 0.728. The molecule has 6 nitrogen and oxygen atoms in total. The molecule has 2 N–H and O–H groups in total. The lowest BCUT2D eigenvalue weighted by molar-refractivity contribution is -0.142. The molecule has 0 radical (unpaired) electrons. The Morgan fingerprint density at radius 1 is 1.69 bits per heavy atom. The van der Waals surface area contributed by atoms with Crippen molar-refractivity contribution in [2.45, 2.75) is 12.1 Å². The number of hydrogen-bond donors (Lipinski definition) is 2. The van der Waals surface area contributed by atoms with Gasteiger partial charge in [0.15, 0.2) is 0 Å². The zero-order valence-electron chi connectivity index (χ0n) is 8.72. The van der Waals surface area contributed by atoms with Gasteiger partial charge < -0.3 is 15.2 Å². The van der Waals surface area contributed by atoms with Crippen molar-refractivity contribution in [3.63, 3.8) is 0 Å². The Balaban J connectivity index is 1.91. The number of carbonyl (C=O) groups excluding carboxylic acids is 1. The van der Waals surface area contributed by atoms with E-state index in [0.29, 0.717) is 18.8 Å². The molecule has 0 aromatic carbocycles. The fourth-order valence-corrected chi connectivity index (χ4v) is 2.99. The van der Waals surface area contributed by atoms with E-state index >= 15 is 0 Å². The molecule has 2 unspecified atom stereocenters. The maximum atomic E-state index is 11.0. The third kappa shape index (κ3) is 2.59. The number of carboxylic acid groups (broad SMARTS) is 1. The van der Waals surface area contributed by atoms with Gasteiger partial charge in [0.1, 0.15) is 12.1 Å². The lowest BCUT2D eigenvalue weighted by Crippen LogP contribution is -2.50. The number of alkyl carbamates (subject to hydrolysis) is 1. The Hall–Kier alpha value is -0.950. The van der Waals surface area contributed by atoms with Crippen LogP contribution in [-0.4, -0.2) is 65.4 Å². The quantitative estimate of drug-likeness (QED) is 0.705. The van der Waals surface area contributed by atoms with Gasteiger partial charge in [-0.25, -0.2) is 4.79 Å². The summed E-state index contributed by atoms with van der Waals surface area (Å²) in [7, 11) is 0. The molecular formula is C9H14N2O4S. The van der Waals surface area contributed by atoms with Gasteiger partial charge in [-0.05, 0) is 0 Å². The van der Waals surface area contributed by atoms with Crippen LogP contribution in [0, 0.1) is 0 Å². The fourth-order valence-electron chi connectivity index (χ4n) is 1.88. The van der Waals surface area contributed by atoms with Crippen molar-refractivity contribution in [1.29, 1.82) is 0 Å². The summed E-state index contributed by atoms with van der Waals surface area (Å²) in [6.45, 7) is 1.70. The summed E-state index contributed by atoms with van der Waals surface area (Å²) in [6.07, 6.45) is -0.638. The summed E-state index contributed by atoms with van der Waals surface area (Å²) in [5, 5.41) is 11.6. The highest BCUT2D eigenvalue weighted by atomic mass is 32.2. The highest BCUT2D eigenvalue weighted by molar-refractivity contribution is 7.99. The highest BCUT2D eigenvalue weighted by Gasteiger charge is 2.33. The first-order valence-electron chi connectivity index (χ1n) is 5.16. The predicted octanol–water partition coefficient (Wildman–Crippen LogP) is -0.403. The molecule has 1 amide bonds. The van der Waals surface area contributed by atoms with Crippen molar-refractivity contribution < 1.29 is 19.4 Å². The van der Waals surface area contributed by atoms with E-state index in [2.05, 4.69) is 5.32 Å². The van der Waals surface area contributed by atoms with Crippen LogP contribution < -0.4 is 5.32 Å². The second-order valence-electron chi connectivity index (χ2n) is 3.83. The lowest BCUT2D eigenvalue weighted by Gasteiger charge is -2.33. The highest BCUT2D eigenvalue weighted by Crippen LogP contribution is 2.18. The summed E-state index contributed by atoms with van der Waals surface area (Å²) in [4.78, 5) is 23.7. The molecule has 7 heteroatoms. The number of cyclic esters (lactones) is 1. The van der Waals surface area contributed by atoms with Gasteiger partial charge in [-0.15, -0.1) is 0 Å². The maximum Gasteiger partial charge on any atom is 0.407 e. The van der Waals surface area contributed by atoms with Gasteiger partial charge in [0, 0.05) is 24.6 Å². The van der Waals surface area contributed by atoms with Crippen LogP contribution >= 0.6 is 11.8 Å². The number of carboxylic acids is 1. The first kappa shape index (κ1) is 11.5. The number of nitrogens with zero attached hydrogens (tertiary/aromatic N) is 1. The third-order valence-corrected chi connectivity index (χ3v) is 3.73. The molecule has 0 saturated carbocycles. The van der Waals surface area contributed by atoms with Gasteiger partial charge in [0.05, 0.1) is 6.54 Å². The van der Waals surface area contributed by atoms with Gasteiger partial charge in [0.2, 0.25) is 0 Å². The molecule has 2 saturated heterocycles. The molecule has 0 bridgehead atoms.